The highest BCUT2D eigenvalue weighted by Gasteiger charge is 2.56. The number of carbonyl (C=O) groups excluding carboxylic acids is 2. The third kappa shape index (κ3) is 3.43. The number of aliphatic hydroxyl groups is 4. The SMILES string of the molecule is CC(=O)OCC1=C[C@@H]2OC(=O)C3=CO[C@@H](O[C@@H]4O[C@H](CO)[C@@H](O)[C@H](O)[C@H]4O)C1C32. The number of ether oxygens (including phenoxy) is 5. The highest BCUT2D eigenvalue weighted by Crippen LogP contribution is 2.49. The van der Waals surface area contributed by atoms with Crippen molar-refractivity contribution < 1.29 is 53.7 Å². The van der Waals surface area contributed by atoms with Crippen molar-refractivity contribution in [3.05, 3.63) is 23.5 Å². The van der Waals surface area contributed by atoms with Crippen LogP contribution in [0.5, 0.6) is 0 Å². The van der Waals surface area contributed by atoms with E-state index in [2.05, 4.69) is 0 Å². The molecule has 0 amide bonds. The van der Waals surface area contributed by atoms with Gasteiger partial charge >= 0.3 is 11.9 Å². The van der Waals surface area contributed by atoms with Crippen molar-refractivity contribution >= 4 is 11.9 Å². The number of carbonyl (C=O) groups is 2. The second kappa shape index (κ2) is 7.67. The van der Waals surface area contributed by atoms with Crippen molar-refractivity contribution in [1.29, 1.82) is 0 Å². The minimum Gasteiger partial charge on any atom is -0.471 e. The summed E-state index contributed by atoms with van der Waals surface area (Å²) in [6.07, 6.45) is -6.03. The predicted octanol–water partition coefficient (Wildman–Crippen LogP) is -2.30. The van der Waals surface area contributed by atoms with Gasteiger partial charge in [-0.25, -0.2) is 4.79 Å². The average molecular weight is 414 g/mol. The van der Waals surface area contributed by atoms with E-state index < -0.39 is 73.5 Å². The van der Waals surface area contributed by atoms with Gasteiger partial charge in [0.25, 0.3) is 0 Å². The van der Waals surface area contributed by atoms with Crippen LogP contribution in [-0.4, -0.2) is 88.7 Å². The first-order chi connectivity index (χ1) is 13.8. The van der Waals surface area contributed by atoms with Crippen LogP contribution in [0.25, 0.3) is 0 Å². The maximum Gasteiger partial charge on any atom is 0.338 e. The van der Waals surface area contributed by atoms with Crippen LogP contribution in [0.2, 0.25) is 0 Å². The zero-order valence-corrected chi connectivity index (χ0v) is 15.4. The molecule has 0 radical (unpaired) electrons. The monoisotopic (exact) mass is 414 g/mol. The lowest BCUT2D eigenvalue weighted by Crippen LogP contribution is -2.60. The molecule has 0 aromatic rings. The summed E-state index contributed by atoms with van der Waals surface area (Å²) in [7, 11) is 0. The van der Waals surface area contributed by atoms with Gasteiger partial charge in [0.2, 0.25) is 6.29 Å². The summed E-state index contributed by atoms with van der Waals surface area (Å²) in [6.45, 7) is 0.602. The Morgan fingerprint density at radius 2 is 1.90 bits per heavy atom. The Labute approximate surface area is 165 Å². The summed E-state index contributed by atoms with van der Waals surface area (Å²) < 4.78 is 27.0. The number of aliphatic hydroxyl groups excluding tert-OH is 4. The van der Waals surface area contributed by atoms with Crippen molar-refractivity contribution in [2.24, 2.45) is 11.8 Å². The van der Waals surface area contributed by atoms with Crippen LogP contribution in [-0.2, 0) is 33.3 Å². The van der Waals surface area contributed by atoms with Crippen molar-refractivity contribution in [1.82, 2.24) is 0 Å². The van der Waals surface area contributed by atoms with E-state index in [9.17, 15) is 30.0 Å². The molecule has 4 rings (SSSR count). The standard InChI is InChI=1S/C18H22O11/c1-6(20)25-4-7-2-9-12-8(16(24)27-9)5-26-17(11(7)12)29-18-15(23)14(22)13(21)10(3-19)28-18/h2,5,9-15,17-19,21-23H,3-4H2,1H3/t9-,10+,11?,12?,13+,14-,15+,17-,18-/m0/s1. The summed E-state index contributed by atoms with van der Waals surface area (Å²) in [5.74, 6) is -1.99. The van der Waals surface area contributed by atoms with Crippen LogP contribution in [0.15, 0.2) is 23.5 Å². The van der Waals surface area contributed by atoms with Gasteiger partial charge in [0.05, 0.1) is 24.4 Å². The fourth-order valence-corrected chi connectivity index (χ4v) is 4.12. The molecule has 0 bridgehead atoms. The molecule has 9 atom stereocenters. The summed E-state index contributed by atoms with van der Waals surface area (Å²) in [4.78, 5) is 23.2. The topological polar surface area (TPSA) is 161 Å². The number of hydrogen-bond donors (Lipinski definition) is 4. The number of hydrogen-bond acceptors (Lipinski definition) is 11. The molecule has 3 heterocycles. The molecule has 0 aromatic heterocycles. The van der Waals surface area contributed by atoms with Crippen molar-refractivity contribution in [3.8, 4) is 0 Å². The largest absolute Gasteiger partial charge is 0.471 e. The van der Waals surface area contributed by atoms with Gasteiger partial charge < -0.3 is 44.1 Å². The van der Waals surface area contributed by atoms with E-state index in [0.717, 1.165) is 0 Å². The van der Waals surface area contributed by atoms with Crippen molar-refractivity contribution in [2.75, 3.05) is 13.2 Å². The maximum absolute atomic E-state index is 12.0. The quantitative estimate of drug-likeness (QED) is 0.283. The number of rotatable bonds is 5. The van der Waals surface area contributed by atoms with Crippen LogP contribution in [0.3, 0.4) is 0 Å². The van der Waals surface area contributed by atoms with Gasteiger partial charge in [-0.05, 0) is 11.6 Å². The van der Waals surface area contributed by atoms with E-state index >= 15 is 0 Å². The molecule has 11 heteroatoms. The zero-order chi connectivity index (χ0) is 20.9. The summed E-state index contributed by atoms with van der Waals surface area (Å²) in [5, 5.41) is 39.4. The summed E-state index contributed by atoms with van der Waals surface area (Å²) in [6, 6.07) is 0. The van der Waals surface area contributed by atoms with Gasteiger partial charge in [0, 0.05) is 12.8 Å². The minimum atomic E-state index is -1.61. The second-order valence-electron chi connectivity index (χ2n) is 7.35. The molecule has 4 aliphatic rings. The Bertz CT molecular complexity index is 744. The third-order valence-electron chi connectivity index (χ3n) is 5.57. The van der Waals surface area contributed by atoms with E-state index in [0.29, 0.717) is 11.1 Å². The van der Waals surface area contributed by atoms with E-state index in [1.807, 2.05) is 0 Å². The zero-order valence-electron chi connectivity index (χ0n) is 15.4. The predicted molar refractivity (Wildman–Crippen MR) is 89.4 cm³/mol. The maximum atomic E-state index is 12.0. The third-order valence-corrected chi connectivity index (χ3v) is 5.57. The Hall–Kier alpha value is -2.02. The van der Waals surface area contributed by atoms with Gasteiger partial charge in [-0.15, -0.1) is 0 Å². The van der Waals surface area contributed by atoms with Gasteiger partial charge in [-0.1, -0.05) is 0 Å². The average Bonchev–Trinajstić information content (AvgIpc) is 3.20. The molecule has 4 N–H and O–H groups in total. The lowest BCUT2D eigenvalue weighted by atomic mass is 9.84. The lowest BCUT2D eigenvalue weighted by molar-refractivity contribution is -0.339. The van der Waals surface area contributed by atoms with Crippen molar-refractivity contribution in [3.63, 3.8) is 0 Å². The molecular weight excluding hydrogens is 392 g/mol. The molecule has 11 nitrogen and oxygen atoms in total. The van der Waals surface area contributed by atoms with Crippen LogP contribution in [0.1, 0.15) is 6.92 Å². The van der Waals surface area contributed by atoms with E-state index in [-0.39, 0.29) is 6.61 Å². The van der Waals surface area contributed by atoms with E-state index in [1.54, 1.807) is 6.08 Å². The first-order valence-electron chi connectivity index (χ1n) is 9.18. The Balaban J connectivity index is 1.56. The smallest absolute Gasteiger partial charge is 0.338 e. The second-order valence-corrected chi connectivity index (χ2v) is 7.35. The van der Waals surface area contributed by atoms with E-state index in [4.69, 9.17) is 23.7 Å². The molecule has 2 unspecified atom stereocenters. The van der Waals surface area contributed by atoms with E-state index in [1.165, 1.54) is 13.2 Å². The minimum absolute atomic E-state index is 0.0598. The van der Waals surface area contributed by atoms with Gasteiger partial charge in [0.15, 0.2) is 6.29 Å². The molecule has 1 aliphatic carbocycles. The molecular formula is C18H22O11. The molecule has 29 heavy (non-hydrogen) atoms. The van der Waals surface area contributed by atoms with Crippen LogP contribution in [0, 0.1) is 11.8 Å². The van der Waals surface area contributed by atoms with Crippen molar-refractivity contribution in [2.45, 2.75) is 50.0 Å². The fraction of sp³-hybridized carbons (Fsp3) is 0.667. The number of esters is 2. The lowest BCUT2D eigenvalue weighted by Gasteiger charge is -2.42. The Morgan fingerprint density at radius 3 is 2.59 bits per heavy atom. The highest BCUT2D eigenvalue weighted by atomic mass is 16.8. The molecule has 0 aromatic carbocycles. The molecule has 2 saturated heterocycles. The Kier molecular flexibility index (Phi) is 5.36. The normalized spacial score (nSPS) is 43.1. The van der Waals surface area contributed by atoms with Crippen LogP contribution in [0.4, 0.5) is 0 Å². The molecule has 0 spiro atoms. The molecule has 160 valence electrons. The molecule has 2 fully saturated rings. The highest BCUT2D eigenvalue weighted by molar-refractivity contribution is 5.92. The van der Waals surface area contributed by atoms with Gasteiger partial charge in [-0.2, -0.15) is 0 Å². The summed E-state index contributed by atoms with van der Waals surface area (Å²) in [5.41, 5.74) is 0.936. The fourth-order valence-electron chi connectivity index (χ4n) is 4.12. The molecule has 3 aliphatic heterocycles. The first kappa shape index (κ1) is 20.3. The first-order valence-corrected chi connectivity index (χ1v) is 9.18. The molecule has 0 saturated carbocycles. The Morgan fingerprint density at radius 1 is 1.14 bits per heavy atom. The summed E-state index contributed by atoms with van der Waals surface area (Å²) >= 11 is 0. The van der Waals surface area contributed by atoms with Gasteiger partial charge in [0.1, 0.15) is 37.1 Å². The van der Waals surface area contributed by atoms with Gasteiger partial charge in [-0.3, -0.25) is 4.79 Å². The van der Waals surface area contributed by atoms with Crippen LogP contribution >= 0.6 is 0 Å². The van der Waals surface area contributed by atoms with Crippen LogP contribution < -0.4 is 0 Å².